The maximum Gasteiger partial charge on any atom is 0.0842 e. The molecule has 0 aromatic heterocycles. The first-order valence-corrected chi connectivity index (χ1v) is 4.31. The summed E-state index contributed by atoms with van der Waals surface area (Å²) in [5.74, 6) is 0. The van der Waals surface area contributed by atoms with Crippen molar-refractivity contribution in [2.75, 3.05) is 12.8 Å². The highest BCUT2D eigenvalue weighted by molar-refractivity contribution is 6.46. The third kappa shape index (κ3) is 2.32. The highest BCUT2D eigenvalue weighted by Crippen LogP contribution is 2.07. The van der Waals surface area contributed by atoms with Crippen LogP contribution in [0.3, 0.4) is 0 Å². The molecule has 74 valence electrons. The number of nitrogens with one attached hydrogen (secondary N) is 2. The first kappa shape index (κ1) is 10.2. The zero-order valence-electron chi connectivity index (χ0n) is 8.33. The van der Waals surface area contributed by atoms with Gasteiger partial charge < -0.3 is 11.2 Å². The van der Waals surface area contributed by atoms with Crippen molar-refractivity contribution in [2.45, 2.75) is 6.92 Å². The molecule has 1 aromatic rings. The summed E-state index contributed by atoms with van der Waals surface area (Å²) in [7, 11) is 1.70. The second-order valence-electron chi connectivity index (χ2n) is 2.92. The smallest absolute Gasteiger partial charge is 0.0842 e. The van der Waals surface area contributed by atoms with E-state index in [1.165, 1.54) is 0 Å². The lowest BCUT2D eigenvalue weighted by atomic mass is 10.1. The van der Waals surface area contributed by atoms with E-state index >= 15 is 0 Å². The quantitative estimate of drug-likeness (QED) is 0.381. The highest BCUT2D eigenvalue weighted by Gasteiger charge is 2.04. The van der Waals surface area contributed by atoms with Gasteiger partial charge in [0.2, 0.25) is 0 Å². The minimum atomic E-state index is 0.381. The van der Waals surface area contributed by atoms with Gasteiger partial charge in [0.05, 0.1) is 11.4 Å². The van der Waals surface area contributed by atoms with Crippen LogP contribution in [0, 0.1) is 5.41 Å². The first-order chi connectivity index (χ1) is 6.65. The molecule has 0 saturated carbocycles. The van der Waals surface area contributed by atoms with Crippen molar-refractivity contribution in [3.05, 3.63) is 29.8 Å². The molecule has 0 aliphatic rings. The van der Waals surface area contributed by atoms with Crippen LogP contribution < -0.4 is 11.2 Å². The van der Waals surface area contributed by atoms with Crippen molar-refractivity contribution >= 4 is 17.1 Å². The van der Waals surface area contributed by atoms with Gasteiger partial charge in [-0.25, -0.2) is 0 Å². The van der Waals surface area contributed by atoms with Gasteiger partial charge in [-0.3, -0.25) is 5.41 Å². The maximum absolute atomic E-state index is 7.81. The van der Waals surface area contributed by atoms with E-state index in [4.69, 9.17) is 11.1 Å². The Balaban J connectivity index is 2.95. The summed E-state index contributed by atoms with van der Waals surface area (Å²) < 4.78 is 0. The van der Waals surface area contributed by atoms with Gasteiger partial charge >= 0.3 is 0 Å². The van der Waals surface area contributed by atoms with Gasteiger partial charge in [0.15, 0.2) is 0 Å². The van der Waals surface area contributed by atoms with Gasteiger partial charge in [-0.05, 0) is 19.1 Å². The Kier molecular flexibility index (Phi) is 3.23. The van der Waals surface area contributed by atoms with Crippen LogP contribution in [-0.4, -0.2) is 18.5 Å². The fourth-order valence-corrected chi connectivity index (χ4v) is 1.13. The Labute approximate surface area is 83.3 Å². The molecule has 0 aliphatic carbocycles. The lowest BCUT2D eigenvalue weighted by Gasteiger charge is -2.04. The molecule has 4 N–H and O–H groups in total. The zero-order chi connectivity index (χ0) is 10.6. The lowest BCUT2D eigenvalue weighted by molar-refractivity contribution is 0.902. The Morgan fingerprint density at radius 2 is 2.21 bits per heavy atom. The average Bonchev–Trinajstić information content (AvgIpc) is 2.17. The van der Waals surface area contributed by atoms with Crippen LogP contribution in [0.2, 0.25) is 0 Å². The van der Waals surface area contributed by atoms with E-state index in [1.807, 2.05) is 12.1 Å². The fraction of sp³-hybridized carbons (Fsp3) is 0.200. The average molecular weight is 190 g/mol. The second-order valence-corrected chi connectivity index (χ2v) is 2.92. The predicted octanol–water partition coefficient (Wildman–Crippen LogP) is 1.23. The fourth-order valence-electron chi connectivity index (χ4n) is 1.13. The van der Waals surface area contributed by atoms with Crippen molar-refractivity contribution in [1.29, 1.82) is 5.41 Å². The molecule has 0 amide bonds. The number of hydrazone groups is 1. The van der Waals surface area contributed by atoms with E-state index in [9.17, 15) is 0 Å². The van der Waals surface area contributed by atoms with E-state index in [2.05, 4.69) is 10.5 Å². The predicted molar refractivity (Wildman–Crippen MR) is 59.9 cm³/mol. The number of hydrogen-bond acceptors (Lipinski definition) is 4. The maximum atomic E-state index is 7.81. The van der Waals surface area contributed by atoms with Crippen LogP contribution in [0.1, 0.15) is 12.5 Å². The number of nitrogen functional groups attached to an aromatic ring is 1. The Hall–Kier alpha value is -1.84. The summed E-state index contributed by atoms with van der Waals surface area (Å²) in [5.41, 5.74) is 10.7. The number of benzene rings is 1. The first-order valence-electron chi connectivity index (χ1n) is 4.31. The molecular formula is C10H14N4. The van der Waals surface area contributed by atoms with E-state index in [1.54, 1.807) is 26.1 Å². The topological polar surface area (TPSA) is 74.3 Å². The van der Waals surface area contributed by atoms with Crippen molar-refractivity contribution < 1.29 is 0 Å². The van der Waals surface area contributed by atoms with Crippen LogP contribution in [-0.2, 0) is 0 Å². The summed E-state index contributed by atoms with van der Waals surface area (Å²) >= 11 is 0. The van der Waals surface area contributed by atoms with Crippen LogP contribution in [0.25, 0.3) is 0 Å². The van der Waals surface area contributed by atoms with Crippen molar-refractivity contribution in [3.63, 3.8) is 0 Å². The molecule has 0 radical (unpaired) electrons. The third-order valence-electron chi connectivity index (χ3n) is 1.82. The molecule has 0 atom stereocenters. The molecule has 14 heavy (non-hydrogen) atoms. The molecular weight excluding hydrogens is 176 g/mol. The second kappa shape index (κ2) is 4.41. The molecule has 0 aliphatic heterocycles. The molecule has 0 heterocycles. The van der Waals surface area contributed by atoms with Gasteiger partial charge in [-0.1, -0.05) is 12.1 Å². The molecule has 0 saturated heterocycles. The number of hydrogen-bond donors (Lipinski definition) is 3. The minimum absolute atomic E-state index is 0.381. The molecule has 4 heteroatoms. The van der Waals surface area contributed by atoms with Crippen LogP contribution in [0.15, 0.2) is 29.4 Å². The Morgan fingerprint density at radius 1 is 1.50 bits per heavy atom. The Morgan fingerprint density at radius 3 is 2.79 bits per heavy atom. The van der Waals surface area contributed by atoms with Crippen molar-refractivity contribution in [1.82, 2.24) is 5.43 Å². The summed E-state index contributed by atoms with van der Waals surface area (Å²) in [5, 5.41) is 11.7. The summed E-state index contributed by atoms with van der Waals surface area (Å²) in [6, 6.07) is 7.22. The normalized spacial score (nSPS) is 11.1. The molecule has 0 bridgehead atoms. The monoisotopic (exact) mass is 190 g/mol. The number of nitrogens with two attached hydrogens (primary N) is 1. The molecule has 0 spiro atoms. The minimum Gasteiger partial charge on any atom is -0.399 e. The number of rotatable bonds is 3. The largest absolute Gasteiger partial charge is 0.399 e. The van der Waals surface area contributed by atoms with Gasteiger partial charge in [0.1, 0.15) is 0 Å². The number of nitrogens with zero attached hydrogens (tertiary/aromatic N) is 1. The molecule has 0 fully saturated rings. The Bertz CT molecular complexity index is 368. The highest BCUT2D eigenvalue weighted by atomic mass is 15.3. The molecule has 4 nitrogen and oxygen atoms in total. The van der Waals surface area contributed by atoms with Gasteiger partial charge in [0.25, 0.3) is 0 Å². The van der Waals surface area contributed by atoms with E-state index in [-0.39, 0.29) is 0 Å². The van der Waals surface area contributed by atoms with Crippen molar-refractivity contribution in [2.24, 2.45) is 5.10 Å². The standard InChI is InChI=1S/C10H14N4/c1-7(14-13-2)10(12)8-4-3-5-9(11)6-8/h3-6,12-13H,11H2,1-2H3/b12-10?,14-7-. The van der Waals surface area contributed by atoms with E-state index in [0.29, 0.717) is 17.1 Å². The van der Waals surface area contributed by atoms with Gasteiger partial charge in [-0.2, -0.15) is 5.10 Å². The molecule has 0 unspecified atom stereocenters. The summed E-state index contributed by atoms with van der Waals surface area (Å²) in [6.07, 6.45) is 0. The van der Waals surface area contributed by atoms with Gasteiger partial charge in [-0.15, -0.1) is 0 Å². The van der Waals surface area contributed by atoms with Gasteiger partial charge in [0, 0.05) is 18.3 Å². The van der Waals surface area contributed by atoms with E-state index in [0.717, 1.165) is 5.56 Å². The third-order valence-corrected chi connectivity index (χ3v) is 1.82. The van der Waals surface area contributed by atoms with Crippen LogP contribution in [0.5, 0.6) is 0 Å². The zero-order valence-corrected chi connectivity index (χ0v) is 8.33. The molecule has 1 aromatic carbocycles. The molecule has 1 rings (SSSR count). The van der Waals surface area contributed by atoms with Crippen LogP contribution >= 0.6 is 0 Å². The van der Waals surface area contributed by atoms with Crippen LogP contribution in [0.4, 0.5) is 5.69 Å². The SMILES string of the molecule is CN/N=C(/C)C(=N)c1cccc(N)c1. The summed E-state index contributed by atoms with van der Waals surface area (Å²) in [4.78, 5) is 0. The van der Waals surface area contributed by atoms with Crippen molar-refractivity contribution in [3.8, 4) is 0 Å². The van der Waals surface area contributed by atoms with E-state index < -0.39 is 0 Å². The summed E-state index contributed by atoms with van der Waals surface area (Å²) in [6.45, 7) is 1.78. The lowest BCUT2D eigenvalue weighted by Crippen LogP contribution is -2.14. The number of anilines is 1.